The first-order chi connectivity index (χ1) is 9.63. The fourth-order valence-electron chi connectivity index (χ4n) is 2.06. The van der Waals surface area contributed by atoms with E-state index in [0.717, 1.165) is 22.6 Å². The highest BCUT2D eigenvalue weighted by Gasteiger charge is 2.11. The maximum absolute atomic E-state index is 6.20. The van der Waals surface area contributed by atoms with Crippen molar-refractivity contribution in [1.82, 2.24) is 4.98 Å². The number of hydrogen-bond donors (Lipinski definition) is 1. The fraction of sp³-hybridized carbons (Fsp3) is 0.312. The summed E-state index contributed by atoms with van der Waals surface area (Å²) < 4.78 is 10.5. The number of aryl methyl sites for hydroxylation is 1. The minimum Gasteiger partial charge on any atom is -0.493 e. The predicted octanol–water partition coefficient (Wildman–Crippen LogP) is 2.65. The third kappa shape index (κ3) is 3.27. The highest BCUT2D eigenvalue weighted by molar-refractivity contribution is 5.43. The van der Waals surface area contributed by atoms with Gasteiger partial charge in [0.1, 0.15) is 0 Å². The zero-order chi connectivity index (χ0) is 14.5. The van der Waals surface area contributed by atoms with Crippen LogP contribution in [0.15, 0.2) is 36.5 Å². The van der Waals surface area contributed by atoms with Crippen LogP contribution in [0, 0.1) is 6.92 Å². The first kappa shape index (κ1) is 14.3. The molecule has 0 fully saturated rings. The number of ether oxygens (including phenoxy) is 2. The first-order valence-electron chi connectivity index (χ1n) is 6.53. The molecule has 106 valence electrons. The average Bonchev–Trinajstić information content (AvgIpc) is 2.47. The molecule has 4 nitrogen and oxygen atoms in total. The summed E-state index contributed by atoms with van der Waals surface area (Å²) in [4.78, 5) is 4.37. The second-order valence-electron chi connectivity index (χ2n) is 4.76. The zero-order valence-corrected chi connectivity index (χ0v) is 12.1. The monoisotopic (exact) mass is 272 g/mol. The third-order valence-electron chi connectivity index (χ3n) is 3.22. The Morgan fingerprint density at radius 1 is 1.10 bits per heavy atom. The lowest BCUT2D eigenvalue weighted by Crippen LogP contribution is -2.15. The van der Waals surface area contributed by atoms with E-state index in [1.165, 1.54) is 0 Å². The molecule has 4 heteroatoms. The van der Waals surface area contributed by atoms with Gasteiger partial charge in [0, 0.05) is 6.20 Å². The summed E-state index contributed by atoms with van der Waals surface area (Å²) in [6, 6.07) is 9.71. The summed E-state index contributed by atoms with van der Waals surface area (Å²) in [6.07, 6.45) is 2.54. The lowest BCUT2D eigenvalue weighted by atomic mass is 10.0. The van der Waals surface area contributed by atoms with E-state index in [1.807, 2.05) is 43.5 Å². The quantitative estimate of drug-likeness (QED) is 0.909. The highest BCUT2D eigenvalue weighted by Crippen LogP contribution is 2.28. The number of hydrogen-bond acceptors (Lipinski definition) is 4. The Morgan fingerprint density at radius 2 is 1.85 bits per heavy atom. The topological polar surface area (TPSA) is 57.4 Å². The second kappa shape index (κ2) is 6.39. The Kier molecular flexibility index (Phi) is 4.58. The van der Waals surface area contributed by atoms with Gasteiger partial charge in [-0.2, -0.15) is 0 Å². The van der Waals surface area contributed by atoms with E-state index < -0.39 is 0 Å². The van der Waals surface area contributed by atoms with Gasteiger partial charge in [0.15, 0.2) is 11.5 Å². The van der Waals surface area contributed by atoms with Crippen molar-refractivity contribution < 1.29 is 9.47 Å². The number of rotatable bonds is 5. The van der Waals surface area contributed by atoms with Crippen molar-refractivity contribution in [2.75, 3.05) is 14.2 Å². The average molecular weight is 272 g/mol. The van der Waals surface area contributed by atoms with Crippen LogP contribution in [0.2, 0.25) is 0 Å². The molecular formula is C16H20N2O2. The van der Waals surface area contributed by atoms with E-state index >= 15 is 0 Å². The molecule has 2 N–H and O–H groups in total. The molecule has 0 aliphatic heterocycles. The first-order valence-corrected chi connectivity index (χ1v) is 6.53. The van der Waals surface area contributed by atoms with Crippen molar-refractivity contribution in [3.63, 3.8) is 0 Å². The smallest absolute Gasteiger partial charge is 0.160 e. The Hall–Kier alpha value is -2.07. The van der Waals surface area contributed by atoms with E-state index in [0.29, 0.717) is 12.2 Å². The molecule has 20 heavy (non-hydrogen) atoms. The van der Waals surface area contributed by atoms with Crippen molar-refractivity contribution in [3.8, 4) is 11.5 Å². The summed E-state index contributed by atoms with van der Waals surface area (Å²) in [6.45, 7) is 2.01. The molecule has 1 heterocycles. The molecule has 2 rings (SSSR count). The summed E-state index contributed by atoms with van der Waals surface area (Å²) in [7, 11) is 3.25. The van der Waals surface area contributed by atoms with Crippen molar-refractivity contribution in [2.24, 2.45) is 5.73 Å². The number of aromatic nitrogens is 1. The summed E-state index contributed by atoms with van der Waals surface area (Å²) in [5, 5.41) is 0. The normalized spacial score (nSPS) is 12.0. The molecule has 1 atom stereocenters. The van der Waals surface area contributed by atoms with Gasteiger partial charge in [-0.3, -0.25) is 4.98 Å². The second-order valence-corrected chi connectivity index (χ2v) is 4.76. The Morgan fingerprint density at radius 3 is 2.45 bits per heavy atom. The maximum Gasteiger partial charge on any atom is 0.160 e. The van der Waals surface area contributed by atoms with Crippen molar-refractivity contribution >= 4 is 0 Å². The summed E-state index contributed by atoms with van der Waals surface area (Å²) in [5.41, 5.74) is 9.32. The van der Waals surface area contributed by atoms with Gasteiger partial charge in [0.2, 0.25) is 0 Å². The molecular weight excluding hydrogens is 252 g/mol. The van der Waals surface area contributed by atoms with Crippen LogP contribution in [0.25, 0.3) is 0 Å². The van der Waals surface area contributed by atoms with Crippen LogP contribution >= 0.6 is 0 Å². The van der Waals surface area contributed by atoms with Crippen LogP contribution in [0.1, 0.15) is 22.9 Å². The Labute approximate surface area is 119 Å². The van der Waals surface area contributed by atoms with Gasteiger partial charge < -0.3 is 15.2 Å². The minimum absolute atomic E-state index is 0.131. The van der Waals surface area contributed by atoms with Crippen molar-refractivity contribution in [1.29, 1.82) is 0 Å². The van der Waals surface area contributed by atoms with Gasteiger partial charge in [-0.05, 0) is 42.7 Å². The van der Waals surface area contributed by atoms with Crippen LogP contribution < -0.4 is 15.2 Å². The summed E-state index contributed by atoms with van der Waals surface area (Å²) >= 11 is 0. The number of methoxy groups -OCH3 is 2. The molecule has 0 aliphatic rings. The van der Waals surface area contributed by atoms with Gasteiger partial charge in [0.25, 0.3) is 0 Å². The van der Waals surface area contributed by atoms with E-state index in [-0.39, 0.29) is 6.04 Å². The molecule has 1 aromatic carbocycles. The number of pyridine rings is 1. The van der Waals surface area contributed by atoms with Gasteiger partial charge in [-0.25, -0.2) is 0 Å². The molecule has 2 aromatic rings. The molecule has 0 amide bonds. The largest absolute Gasteiger partial charge is 0.493 e. The molecule has 0 aliphatic carbocycles. The highest BCUT2D eigenvalue weighted by atomic mass is 16.5. The SMILES string of the molecule is COc1ccc(CC(N)c2ccc(C)cn2)cc1OC. The zero-order valence-electron chi connectivity index (χ0n) is 12.1. The predicted molar refractivity (Wildman–Crippen MR) is 79.2 cm³/mol. The van der Waals surface area contributed by atoms with Gasteiger partial charge in [-0.1, -0.05) is 12.1 Å². The van der Waals surface area contributed by atoms with Gasteiger partial charge in [-0.15, -0.1) is 0 Å². The molecule has 0 spiro atoms. The molecule has 0 radical (unpaired) electrons. The lowest BCUT2D eigenvalue weighted by molar-refractivity contribution is 0.354. The lowest BCUT2D eigenvalue weighted by Gasteiger charge is -2.13. The fourth-order valence-corrected chi connectivity index (χ4v) is 2.06. The Balaban J connectivity index is 2.15. The van der Waals surface area contributed by atoms with Gasteiger partial charge in [0.05, 0.1) is 26.0 Å². The van der Waals surface area contributed by atoms with Gasteiger partial charge >= 0.3 is 0 Å². The van der Waals surface area contributed by atoms with Crippen molar-refractivity contribution in [3.05, 3.63) is 53.3 Å². The molecule has 1 aromatic heterocycles. The molecule has 0 saturated carbocycles. The van der Waals surface area contributed by atoms with Crippen LogP contribution in [0.3, 0.4) is 0 Å². The van der Waals surface area contributed by atoms with E-state index in [2.05, 4.69) is 4.98 Å². The number of nitrogens with zero attached hydrogens (tertiary/aromatic N) is 1. The summed E-state index contributed by atoms with van der Waals surface area (Å²) in [5.74, 6) is 1.44. The Bertz CT molecular complexity index is 567. The van der Waals surface area contributed by atoms with E-state index in [9.17, 15) is 0 Å². The molecule has 0 bridgehead atoms. The third-order valence-corrected chi connectivity index (χ3v) is 3.22. The van der Waals surface area contributed by atoms with Crippen LogP contribution in [-0.4, -0.2) is 19.2 Å². The number of nitrogens with two attached hydrogens (primary N) is 1. The van der Waals surface area contributed by atoms with Crippen molar-refractivity contribution in [2.45, 2.75) is 19.4 Å². The minimum atomic E-state index is -0.131. The van der Waals surface area contributed by atoms with Crippen LogP contribution in [0.5, 0.6) is 11.5 Å². The molecule has 1 unspecified atom stereocenters. The molecule has 0 saturated heterocycles. The maximum atomic E-state index is 6.20. The standard InChI is InChI=1S/C16H20N2O2/c1-11-4-6-14(18-10-11)13(17)8-12-5-7-15(19-2)16(9-12)20-3/h4-7,9-10,13H,8,17H2,1-3H3. The van der Waals surface area contributed by atoms with Crippen LogP contribution in [0.4, 0.5) is 0 Å². The number of benzene rings is 1. The van der Waals surface area contributed by atoms with E-state index in [4.69, 9.17) is 15.2 Å². The van der Waals surface area contributed by atoms with E-state index in [1.54, 1.807) is 14.2 Å². The van der Waals surface area contributed by atoms with Crippen LogP contribution in [-0.2, 0) is 6.42 Å².